The van der Waals surface area contributed by atoms with Gasteiger partial charge in [-0.25, -0.2) is 0 Å². The van der Waals surface area contributed by atoms with Gasteiger partial charge in [-0.1, -0.05) is 90.4 Å². The monoisotopic (exact) mass is 604 g/mol. The fourth-order valence-corrected chi connectivity index (χ4v) is 12.5. The Hall–Kier alpha value is -1.69. The minimum atomic E-state index is -0.661. The number of esters is 1. The Labute approximate surface area is 265 Å². The second-order valence-electron chi connectivity index (χ2n) is 17.7. The normalized spacial score (nSPS) is 50.9. The van der Waals surface area contributed by atoms with Crippen molar-refractivity contribution in [2.45, 2.75) is 131 Å². The minimum absolute atomic E-state index is 0.0128. The van der Waals surface area contributed by atoms with E-state index in [-0.39, 0.29) is 50.9 Å². The predicted octanol–water partition coefficient (Wildman–Crippen LogP) is 8.41. The van der Waals surface area contributed by atoms with Gasteiger partial charge in [0.05, 0.1) is 18.8 Å². The van der Waals surface area contributed by atoms with E-state index in [1.54, 1.807) is 5.57 Å². The number of allylic oxidation sites excluding steroid dienone is 2. The van der Waals surface area contributed by atoms with Crippen molar-refractivity contribution in [1.82, 2.24) is 0 Å². The van der Waals surface area contributed by atoms with Crippen LogP contribution in [0.25, 0.3) is 0 Å². The van der Waals surface area contributed by atoms with Crippen LogP contribution in [0.2, 0.25) is 0 Å². The van der Waals surface area contributed by atoms with Crippen molar-refractivity contribution in [3.8, 4) is 0 Å². The lowest BCUT2D eigenvalue weighted by atomic mass is 9.33. The lowest BCUT2D eigenvalue weighted by Crippen LogP contribution is -2.68. The van der Waals surface area contributed by atoms with Crippen LogP contribution in [0.1, 0.15) is 119 Å². The van der Waals surface area contributed by atoms with Gasteiger partial charge >= 0.3 is 5.97 Å². The Morgan fingerprint density at radius 3 is 2.32 bits per heavy atom. The molecular weight excluding hydrogens is 548 g/mol. The number of carbonyl (C=O) groups excluding carboxylic acids is 1. The Morgan fingerprint density at radius 1 is 0.886 bits per heavy atom. The molecule has 12 atom stereocenters. The molecule has 0 amide bonds. The lowest BCUT2D eigenvalue weighted by molar-refractivity contribution is -0.318. The van der Waals surface area contributed by atoms with E-state index in [1.165, 1.54) is 26.2 Å². The number of ether oxygens (including phenoxy) is 3. The SMILES string of the molecule is CC(=O)O[C@H]1[C@@H](O)[C@]2(C)CC[C@]3(C)C(=CC[C@@H]4[C@@]5(C)CCC6OC(c7ccccc7)OC[C@@]6(C)C5CC[C@]43C)[C@H]2CC1(C)C. The molecule has 1 saturated heterocycles. The molecule has 44 heavy (non-hydrogen) atoms. The van der Waals surface area contributed by atoms with Crippen LogP contribution < -0.4 is 0 Å². The summed E-state index contributed by atoms with van der Waals surface area (Å²) in [5, 5.41) is 11.9. The van der Waals surface area contributed by atoms with Crippen molar-refractivity contribution < 1.29 is 24.1 Å². The third-order valence-electron chi connectivity index (χ3n) is 15.3. The summed E-state index contributed by atoms with van der Waals surface area (Å²) in [6, 6.07) is 10.4. The van der Waals surface area contributed by atoms with Crippen LogP contribution in [0.3, 0.4) is 0 Å². The number of rotatable bonds is 2. The first kappa shape index (κ1) is 30.9. The molecule has 3 unspecified atom stereocenters. The number of aliphatic hydroxyl groups is 1. The molecule has 242 valence electrons. The fourth-order valence-electron chi connectivity index (χ4n) is 12.5. The van der Waals surface area contributed by atoms with Crippen LogP contribution in [-0.4, -0.2) is 36.0 Å². The Kier molecular flexibility index (Phi) is 6.97. The highest BCUT2D eigenvalue weighted by molar-refractivity contribution is 5.66. The van der Waals surface area contributed by atoms with Gasteiger partial charge in [0.1, 0.15) is 6.10 Å². The van der Waals surface area contributed by atoms with Gasteiger partial charge in [0, 0.05) is 28.7 Å². The van der Waals surface area contributed by atoms with E-state index in [9.17, 15) is 9.90 Å². The molecule has 0 aromatic heterocycles. The van der Waals surface area contributed by atoms with Gasteiger partial charge in [-0.15, -0.1) is 0 Å². The smallest absolute Gasteiger partial charge is 0.303 e. The molecule has 1 aliphatic heterocycles. The molecular formula is C39H56O5. The van der Waals surface area contributed by atoms with Crippen molar-refractivity contribution in [2.75, 3.05) is 6.61 Å². The van der Waals surface area contributed by atoms with E-state index in [1.807, 2.05) is 0 Å². The first-order valence-electron chi connectivity index (χ1n) is 17.5. The van der Waals surface area contributed by atoms with Gasteiger partial charge in [0.25, 0.3) is 0 Å². The first-order valence-corrected chi connectivity index (χ1v) is 17.5. The zero-order chi connectivity index (χ0) is 31.5. The van der Waals surface area contributed by atoms with E-state index in [0.29, 0.717) is 17.8 Å². The van der Waals surface area contributed by atoms with Crippen LogP contribution in [0.5, 0.6) is 0 Å². The number of carbonyl (C=O) groups is 1. The molecule has 1 heterocycles. The summed E-state index contributed by atoms with van der Waals surface area (Å²) in [6.07, 6.45) is 10.3. The molecule has 5 nitrogen and oxygen atoms in total. The second-order valence-corrected chi connectivity index (χ2v) is 17.7. The molecule has 0 bridgehead atoms. The molecule has 6 aliphatic rings. The van der Waals surface area contributed by atoms with Crippen LogP contribution >= 0.6 is 0 Å². The predicted molar refractivity (Wildman–Crippen MR) is 171 cm³/mol. The summed E-state index contributed by atoms with van der Waals surface area (Å²) in [5.74, 6) is 1.17. The van der Waals surface area contributed by atoms with E-state index in [2.05, 4.69) is 84.9 Å². The van der Waals surface area contributed by atoms with Gasteiger partial charge in [0.15, 0.2) is 6.29 Å². The zero-order valence-electron chi connectivity index (χ0n) is 28.4. The lowest BCUT2D eigenvalue weighted by Gasteiger charge is -2.72. The third-order valence-corrected chi connectivity index (χ3v) is 15.3. The summed E-state index contributed by atoms with van der Waals surface area (Å²) < 4.78 is 19.2. The highest BCUT2D eigenvalue weighted by atomic mass is 16.7. The van der Waals surface area contributed by atoms with Crippen molar-refractivity contribution >= 4 is 5.97 Å². The Morgan fingerprint density at radius 2 is 1.61 bits per heavy atom. The van der Waals surface area contributed by atoms with E-state index >= 15 is 0 Å². The minimum Gasteiger partial charge on any atom is -0.459 e. The zero-order valence-corrected chi connectivity index (χ0v) is 28.4. The average Bonchev–Trinajstić information content (AvgIpc) is 2.97. The molecule has 5 fully saturated rings. The van der Waals surface area contributed by atoms with Crippen molar-refractivity contribution in [1.29, 1.82) is 0 Å². The third kappa shape index (κ3) is 4.03. The molecule has 1 aromatic carbocycles. The van der Waals surface area contributed by atoms with E-state index < -0.39 is 12.2 Å². The van der Waals surface area contributed by atoms with E-state index in [4.69, 9.17) is 14.2 Å². The summed E-state index contributed by atoms with van der Waals surface area (Å²) in [7, 11) is 0. The number of hydrogen-bond donors (Lipinski definition) is 1. The summed E-state index contributed by atoms with van der Waals surface area (Å²) in [5.41, 5.74) is 2.66. The molecule has 1 N–H and O–H groups in total. The van der Waals surface area contributed by atoms with Gasteiger partial charge in [0.2, 0.25) is 0 Å². The Balaban J connectivity index is 1.20. The van der Waals surface area contributed by atoms with Gasteiger partial charge in [-0.2, -0.15) is 0 Å². The molecule has 5 heteroatoms. The molecule has 1 aromatic rings. The molecule has 4 saturated carbocycles. The molecule has 0 radical (unpaired) electrons. The summed E-state index contributed by atoms with van der Waals surface area (Å²) in [6.45, 7) is 19.2. The Bertz CT molecular complexity index is 1340. The maximum absolute atomic E-state index is 12.1. The van der Waals surface area contributed by atoms with Crippen molar-refractivity contribution in [2.24, 2.45) is 50.2 Å². The highest BCUT2D eigenvalue weighted by Gasteiger charge is 2.70. The number of aliphatic hydroxyl groups excluding tert-OH is 1. The standard InChI is InChI=1S/C39H56O5/c1-24(40)43-32-31(41)35(4)20-21-38(7)26(27(35)22-34(32,2)3)14-15-29-36(5)18-17-30-37(6,28(36)16-19-39(29,38)8)23-42-33(44-30)25-12-10-9-11-13-25/h9-14,27-33,41H,15-23H2,1-8H3/t27-,28?,29-,30?,31-,32+,33?,35-,36+,37+,38-,39-/m1/s1. The molecule has 7 rings (SSSR count). The first-order chi connectivity index (χ1) is 20.6. The topological polar surface area (TPSA) is 65.0 Å². The fraction of sp³-hybridized carbons (Fsp3) is 0.769. The highest BCUT2D eigenvalue weighted by Crippen LogP contribution is 2.76. The van der Waals surface area contributed by atoms with Crippen molar-refractivity contribution in [3.05, 3.63) is 47.5 Å². The van der Waals surface area contributed by atoms with Gasteiger partial charge in [-0.3, -0.25) is 4.79 Å². The van der Waals surface area contributed by atoms with Gasteiger partial charge < -0.3 is 19.3 Å². The summed E-state index contributed by atoms with van der Waals surface area (Å²) >= 11 is 0. The summed E-state index contributed by atoms with van der Waals surface area (Å²) in [4.78, 5) is 12.1. The van der Waals surface area contributed by atoms with Crippen molar-refractivity contribution in [3.63, 3.8) is 0 Å². The number of benzene rings is 1. The second kappa shape index (κ2) is 9.91. The quantitative estimate of drug-likeness (QED) is 0.271. The number of hydrogen-bond acceptors (Lipinski definition) is 5. The maximum Gasteiger partial charge on any atom is 0.303 e. The molecule has 0 spiro atoms. The van der Waals surface area contributed by atoms with Crippen LogP contribution in [0, 0.1) is 50.2 Å². The number of fused-ring (bicyclic) bond motifs is 9. The maximum atomic E-state index is 12.1. The van der Waals surface area contributed by atoms with Crippen LogP contribution in [-0.2, 0) is 19.0 Å². The van der Waals surface area contributed by atoms with Gasteiger partial charge in [-0.05, 0) is 85.4 Å². The largest absolute Gasteiger partial charge is 0.459 e. The molecule has 5 aliphatic carbocycles. The van der Waals surface area contributed by atoms with E-state index in [0.717, 1.165) is 44.3 Å². The van der Waals surface area contributed by atoms with Crippen LogP contribution in [0.15, 0.2) is 42.0 Å². The average molecular weight is 605 g/mol. The van der Waals surface area contributed by atoms with Crippen LogP contribution in [0.4, 0.5) is 0 Å².